The van der Waals surface area contributed by atoms with Gasteiger partial charge in [-0.15, -0.1) is 0 Å². The Kier molecular flexibility index (Phi) is 4.54. The molecule has 0 saturated carbocycles. The van der Waals surface area contributed by atoms with Gasteiger partial charge >= 0.3 is 11.7 Å². The largest absolute Gasteiger partial charge is 0.336 e. The fourth-order valence-electron chi connectivity index (χ4n) is 2.35. The van der Waals surface area contributed by atoms with E-state index in [-0.39, 0.29) is 17.8 Å². The lowest BCUT2D eigenvalue weighted by atomic mass is 10.0. The van der Waals surface area contributed by atoms with Crippen molar-refractivity contribution in [2.45, 2.75) is 38.8 Å². The number of nitro groups is 1. The van der Waals surface area contributed by atoms with Crippen molar-refractivity contribution in [2.24, 2.45) is 0 Å². The van der Waals surface area contributed by atoms with Gasteiger partial charge in [0, 0.05) is 19.1 Å². The van der Waals surface area contributed by atoms with E-state index >= 15 is 0 Å². The summed E-state index contributed by atoms with van der Waals surface area (Å²) in [4.78, 5) is 23.9. The van der Waals surface area contributed by atoms with Gasteiger partial charge in [0.05, 0.1) is 11.5 Å². The van der Waals surface area contributed by atoms with Crippen LogP contribution in [-0.2, 0) is 6.54 Å². The number of nitrogens with zero attached hydrogens (tertiary/aromatic N) is 4. The Morgan fingerprint density at radius 1 is 1.60 bits per heavy atom. The van der Waals surface area contributed by atoms with Gasteiger partial charge in [0.25, 0.3) is 0 Å². The minimum Gasteiger partial charge on any atom is -0.336 e. The number of aromatic nitrogens is 2. The lowest BCUT2D eigenvalue weighted by Crippen LogP contribution is -2.48. The number of piperidine rings is 1. The molecule has 1 N–H and O–H groups in total. The molecule has 0 bridgehead atoms. The number of carbonyl (C=O) groups excluding carboxylic acids is 1. The monoisotopic (exact) mass is 281 g/mol. The topological polar surface area (TPSA) is 93.3 Å². The first-order valence-electron chi connectivity index (χ1n) is 6.79. The summed E-state index contributed by atoms with van der Waals surface area (Å²) in [5.74, 6) is 0. The Morgan fingerprint density at radius 2 is 2.40 bits per heavy atom. The van der Waals surface area contributed by atoms with Crippen molar-refractivity contribution in [2.75, 3.05) is 13.1 Å². The Morgan fingerprint density at radius 3 is 3.05 bits per heavy atom. The highest BCUT2D eigenvalue weighted by Gasteiger charge is 2.22. The molecule has 8 heteroatoms. The van der Waals surface area contributed by atoms with Crippen molar-refractivity contribution in [3.8, 4) is 0 Å². The predicted molar refractivity (Wildman–Crippen MR) is 72.3 cm³/mol. The van der Waals surface area contributed by atoms with E-state index < -0.39 is 4.92 Å². The molecule has 1 aromatic rings. The van der Waals surface area contributed by atoms with E-state index in [1.54, 1.807) is 0 Å². The second-order valence-electron chi connectivity index (χ2n) is 4.99. The van der Waals surface area contributed by atoms with Crippen molar-refractivity contribution in [1.29, 1.82) is 0 Å². The number of amides is 2. The summed E-state index contributed by atoms with van der Waals surface area (Å²) in [6, 6.07) is 0.202. The van der Waals surface area contributed by atoms with Crippen molar-refractivity contribution in [3.63, 3.8) is 0 Å². The molecule has 1 aliphatic rings. The minimum atomic E-state index is -0.489. The Bertz CT molecular complexity index is 487. The van der Waals surface area contributed by atoms with E-state index in [9.17, 15) is 14.9 Å². The van der Waals surface area contributed by atoms with Crippen LogP contribution in [0.25, 0.3) is 0 Å². The number of hydrogen-bond donors (Lipinski definition) is 1. The number of nitrogens with one attached hydrogen (secondary N) is 1. The molecule has 1 aliphatic heterocycles. The summed E-state index contributed by atoms with van der Waals surface area (Å²) in [6.07, 6.45) is 5.81. The first kappa shape index (κ1) is 14.3. The molecule has 1 atom stereocenters. The second kappa shape index (κ2) is 6.36. The summed E-state index contributed by atoms with van der Waals surface area (Å²) in [6.45, 7) is 3.67. The fourth-order valence-corrected chi connectivity index (χ4v) is 2.35. The third kappa shape index (κ3) is 3.46. The van der Waals surface area contributed by atoms with Crippen LogP contribution in [0.15, 0.2) is 12.4 Å². The van der Waals surface area contributed by atoms with E-state index in [4.69, 9.17) is 0 Å². The highest BCUT2D eigenvalue weighted by Crippen LogP contribution is 2.16. The molecule has 20 heavy (non-hydrogen) atoms. The van der Waals surface area contributed by atoms with Crippen LogP contribution < -0.4 is 5.32 Å². The van der Waals surface area contributed by atoms with Crippen LogP contribution in [0.4, 0.5) is 10.5 Å². The van der Waals surface area contributed by atoms with Crippen LogP contribution in [0.2, 0.25) is 0 Å². The summed E-state index contributed by atoms with van der Waals surface area (Å²) < 4.78 is 1.46. The highest BCUT2D eigenvalue weighted by atomic mass is 16.6. The van der Waals surface area contributed by atoms with Crippen molar-refractivity contribution >= 4 is 11.7 Å². The SMILES string of the molecule is C[C@H]1CCCCN1C(=O)NCCn1cc([N+](=O)[O-])cn1. The van der Waals surface area contributed by atoms with Gasteiger partial charge in [-0.3, -0.25) is 14.8 Å². The molecule has 2 rings (SSSR count). The van der Waals surface area contributed by atoms with Gasteiger partial charge in [0.1, 0.15) is 12.4 Å². The average molecular weight is 281 g/mol. The third-order valence-electron chi connectivity index (χ3n) is 3.51. The summed E-state index contributed by atoms with van der Waals surface area (Å²) >= 11 is 0. The van der Waals surface area contributed by atoms with E-state index in [1.807, 2.05) is 4.90 Å². The molecule has 0 spiro atoms. The zero-order valence-corrected chi connectivity index (χ0v) is 11.5. The molecule has 2 amide bonds. The molecule has 2 heterocycles. The summed E-state index contributed by atoms with van der Waals surface area (Å²) in [5.41, 5.74) is -0.0408. The molecule has 0 aromatic carbocycles. The molecule has 1 aromatic heterocycles. The van der Waals surface area contributed by atoms with Crippen LogP contribution in [0.3, 0.4) is 0 Å². The first-order chi connectivity index (χ1) is 9.58. The number of likely N-dealkylation sites (tertiary alicyclic amines) is 1. The summed E-state index contributed by atoms with van der Waals surface area (Å²) in [7, 11) is 0. The Balaban J connectivity index is 1.77. The fraction of sp³-hybridized carbons (Fsp3) is 0.667. The normalized spacial score (nSPS) is 18.9. The van der Waals surface area contributed by atoms with Crippen molar-refractivity contribution < 1.29 is 9.72 Å². The molecule has 8 nitrogen and oxygen atoms in total. The number of urea groups is 1. The van der Waals surface area contributed by atoms with Crippen molar-refractivity contribution in [3.05, 3.63) is 22.5 Å². The number of hydrogen-bond acceptors (Lipinski definition) is 4. The minimum absolute atomic E-state index is 0.0408. The van der Waals surface area contributed by atoms with E-state index in [0.29, 0.717) is 13.1 Å². The zero-order valence-electron chi connectivity index (χ0n) is 11.5. The van der Waals surface area contributed by atoms with Crippen LogP contribution in [0.1, 0.15) is 26.2 Å². The smallest absolute Gasteiger partial charge is 0.317 e. The highest BCUT2D eigenvalue weighted by molar-refractivity contribution is 5.74. The van der Waals surface area contributed by atoms with Gasteiger partial charge in [-0.2, -0.15) is 5.10 Å². The quantitative estimate of drug-likeness (QED) is 0.666. The molecule has 1 fully saturated rings. The first-order valence-corrected chi connectivity index (χ1v) is 6.79. The Labute approximate surface area is 116 Å². The number of rotatable bonds is 4. The molecular formula is C12H19N5O3. The van der Waals surface area contributed by atoms with Gasteiger partial charge < -0.3 is 10.2 Å². The number of carbonyl (C=O) groups is 1. The predicted octanol–water partition coefficient (Wildman–Crippen LogP) is 1.38. The second-order valence-corrected chi connectivity index (χ2v) is 4.99. The van der Waals surface area contributed by atoms with Crippen LogP contribution in [0, 0.1) is 10.1 Å². The standard InChI is InChI=1S/C12H19N5O3/c1-10-4-2-3-6-16(10)12(18)13-5-7-15-9-11(8-14-15)17(19)20/h8-10H,2-7H2,1H3,(H,13,18)/t10-/m0/s1. The van der Waals surface area contributed by atoms with Crippen LogP contribution in [0.5, 0.6) is 0 Å². The molecule has 1 saturated heterocycles. The molecule has 0 radical (unpaired) electrons. The molecular weight excluding hydrogens is 262 g/mol. The van der Waals surface area contributed by atoms with E-state index in [0.717, 1.165) is 19.4 Å². The maximum Gasteiger partial charge on any atom is 0.317 e. The van der Waals surface area contributed by atoms with Crippen LogP contribution >= 0.6 is 0 Å². The lowest BCUT2D eigenvalue weighted by molar-refractivity contribution is -0.385. The van der Waals surface area contributed by atoms with Gasteiger partial charge in [-0.1, -0.05) is 0 Å². The third-order valence-corrected chi connectivity index (χ3v) is 3.51. The van der Waals surface area contributed by atoms with E-state index in [1.165, 1.54) is 23.5 Å². The van der Waals surface area contributed by atoms with Gasteiger partial charge in [-0.25, -0.2) is 4.79 Å². The lowest BCUT2D eigenvalue weighted by Gasteiger charge is -2.33. The zero-order chi connectivity index (χ0) is 14.5. The van der Waals surface area contributed by atoms with Crippen LogP contribution in [-0.4, -0.2) is 44.8 Å². The molecule has 110 valence electrons. The Hall–Kier alpha value is -2.12. The van der Waals surface area contributed by atoms with Gasteiger partial charge in [0.2, 0.25) is 0 Å². The van der Waals surface area contributed by atoms with Gasteiger partial charge in [-0.05, 0) is 26.2 Å². The molecule has 0 unspecified atom stereocenters. The van der Waals surface area contributed by atoms with E-state index in [2.05, 4.69) is 17.3 Å². The maximum atomic E-state index is 12.0. The van der Waals surface area contributed by atoms with Crippen molar-refractivity contribution in [1.82, 2.24) is 20.0 Å². The molecule has 0 aliphatic carbocycles. The van der Waals surface area contributed by atoms with Gasteiger partial charge in [0.15, 0.2) is 0 Å². The average Bonchev–Trinajstić information content (AvgIpc) is 2.88. The maximum absolute atomic E-state index is 12.0. The summed E-state index contributed by atoms with van der Waals surface area (Å²) in [5, 5.41) is 17.2.